The Morgan fingerprint density at radius 2 is 1.88 bits per heavy atom. The smallest absolute Gasteiger partial charge is 0.261 e. The first kappa shape index (κ1) is 19.9. The SMILES string of the molecule is CNC(C)Cc1noc(-c2ccccc2OCc2ccc(F)cc2)n1.Cl. The van der Waals surface area contributed by atoms with Crippen molar-refractivity contribution in [3.63, 3.8) is 0 Å². The fourth-order valence-electron chi connectivity index (χ4n) is 2.33. The lowest BCUT2D eigenvalue weighted by Crippen LogP contribution is -2.24. The van der Waals surface area contributed by atoms with Gasteiger partial charge in [-0.25, -0.2) is 4.39 Å². The summed E-state index contributed by atoms with van der Waals surface area (Å²) >= 11 is 0. The molecule has 3 aromatic rings. The van der Waals surface area contributed by atoms with E-state index < -0.39 is 0 Å². The van der Waals surface area contributed by atoms with Crippen LogP contribution in [0.2, 0.25) is 0 Å². The molecule has 0 aliphatic rings. The minimum atomic E-state index is -0.265. The molecule has 5 nitrogen and oxygen atoms in total. The molecule has 0 fully saturated rings. The van der Waals surface area contributed by atoms with Crippen LogP contribution in [-0.2, 0) is 13.0 Å². The van der Waals surface area contributed by atoms with Crippen LogP contribution in [0, 0.1) is 5.82 Å². The maximum Gasteiger partial charge on any atom is 0.261 e. The highest BCUT2D eigenvalue weighted by Crippen LogP contribution is 2.29. The highest BCUT2D eigenvalue weighted by molar-refractivity contribution is 5.85. The van der Waals surface area contributed by atoms with Gasteiger partial charge in [-0.15, -0.1) is 12.4 Å². The van der Waals surface area contributed by atoms with Crippen molar-refractivity contribution < 1.29 is 13.7 Å². The van der Waals surface area contributed by atoms with Crippen LogP contribution in [-0.4, -0.2) is 23.2 Å². The monoisotopic (exact) mass is 377 g/mol. The number of hydrogen-bond donors (Lipinski definition) is 1. The molecule has 138 valence electrons. The third-order valence-electron chi connectivity index (χ3n) is 3.87. The van der Waals surface area contributed by atoms with E-state index in [2.05, 4.69) is 22.4 Å². The molecule has 1 atom stereocenters. The lowest BCUT2D eigenvalue weighted by molar-refractivity contribution is 0.305. The van der Waals surface area contributed by atoms with Gasteiger partial charge in [0.15, 0.2) is 5.82 Å². The van der Waals surface area contributed by atoms with E-state index in [9.17, 15) is 4.39 Å². The molecule has 3 rings (SSSR count). The lowest BCUT2D eigenvalue weighted by Gasteiger charge is -2.09. The average molecular weight is 378 g/mol. The molecular formula is C19H21ClFN3O2. The Labute approximate surface area is 158 Å². The molecule has 2 aromatic carbocycles. The van der Waals surface area contributed by atoms with Crippen molar-refractivity contribution in [1.29, 1.82) is 0 Å². The summed E-state index contributed by atoms with van der Waals surface area (Å²) in [5.41, 5.74) is 1.62. The summed E-state index contributed by atoms with van der Waals surface area (Å²) in [5.74, 6) is 1.44. The van der Waals surface area contributed by atoms with Gasteiger partial charge in [-0.2, -0.15) is 4.98 Å². The van der Waals surface area contributed by atoms with E-state index in [1.165, 1.54) is 12.1 Å². The number of halogens is 2. The third-order valence-corrected chi connectivity index (χ3v) is 3.87. The molecule has 0 bridgehead atoms. The second-order valence-electron chi connectivity index (χ2n) is 5.82. The van der Waals surface area contributed by atoms with Crippen molar-refractivity contribution in [3.05, 3.63) is 65.7 Å². The molecule has 26 heavy (non-hydrogen) atoms. The second-order valence-corrected chi connectivity index (χ2v) is 5.82. The van der Waals surface area contributed by atoms with Crippen LogP contribution in [0.1, 0.15) is 18.3 Å². The Bertz CT molecular complexity index is 824. The lowest BCUT2D eigenvalue weighted by atomic mass is 10.2. The fourth-order valence-corrected chi connectivity index (χ4v) is 2.33. The predicted molar refractivity (Wildman–Crippen MR) is 99.9 cm³/mol. The first-order chi connectivity index (χ1) is 12.2. The Morgan fingerprint density at radius 1 is 1.15 bits per heavy atom. The first-order valence-electron chi connectivity index (χ1n) is 8.12. The summed E-state index contributed by atoms with van der Waals surface area (Å²) in [6.45, 7) is 2.38. The van der Waals surface area contributed by atoms with Crippen LogP contribution in [0.3, 0.4) is 0 Å². The molecule has 0 aliphatic carbocycles. The summed E-state index contributed by atoms with van der Waals surface area (Å²) in [6.07, 6.45) is 0.679. The largest absolute Gasteiger partial charge is 0.488 e. The Morgan fingerprint density at radius 3 is 2.62 bits per heavy atom. The normalized spacial score (nSPS) is 11.7. The van der Waals surface area contributed by atoms with Gasteiger partial charge in [0.1, 0.15) is 18.2 Å². The number of nitrogens with zero attached hydrogens (tertiary/aromatic N) is 2. The van der Waals surface area contributed by atoms with Gasteiger partial charge < -0.3 is 14.6 Å². The summed E-state index contributed by atoms with van der Waals surface area (Å²) in [4.78, 5) is 4.45. The summed E-state index contributed by atoms with van der Waals surface area (Å²) in [7, 11) is 1.89. The highest BCUT2D eigenvalue weighted by Gasteiger charge is 2.15. The predicted octanol–water partition coefficient (Wildman–Crippen LogP) is 4.03. The summed E-state index contributed by atoms with van der Waals surface area (Å²) in [6, 6.07) is 14.0. The Balaban J connectivity index is 0.00000243. The third kappa shape index (κ3) is 5.03. The first-order valence-corrected chi connectivity index (χ1v) is 8.12. The van der Waals surface area contributed by atoms with Gasteiger partial charge in [0.25, 0.3) is 5.89 Å². The van der Waals surface area contributed by atoms with E-state index in [1.807, 2.05) is 31.3 Å². The van der Waals surface area contributed by atoms with E-state index in [0.717, 1.165) is 11.1 Å². The Hall–Kier alpha value is -2.44. The van der Waals surface area contributed by atoms with Gasteiger partial charge in [0.2, 0.25) is 0 Å². The molecule has 0 aliphatic heterocycles. The molecule has 1 unspecified atom stereocenters. The van der Waals surface area contributed by atoms with E-state index >= 15 is 0 Å². The number of likely N-dealkylation sites (N-methyl/N-ethyl adjacent to an activating group) is 1. The molecule has 7 heteroatoms. The molecule has 1 N–H and O–H groups in total. The van der Waals surface area contributed by atoms with Crippen LogP contribution in [0.25, 0.3) is 11.5 Å². The number of rotatable bonds is 7. The van der Waals surface area contributed by atoms with E-state index in [4.69, 9.17) is 9.26 Å². The number of ether oxygens (including phenoxy) is 1. The van der Waals surface area contributed by atoms with Crippen molar-refractivity contribution in [2.24, 2.45) is 0 Å². The van der Waals surface area contributed by atoms with Crippen LogP contribution >= 0.6 is 12.4 Å². The maximum atomic E-state index is 13.0. The standard InChI is InChI=1S/C19H20FN3O2.ClH/c1-13(21-2)11-18-22-19(25-23-18)16-5-3-4-6-17(16)24-12-14-7-9-15(20)10-8-14;/h3-10,13,21H,11-12H2,1-2H3;1H. The fraction of sp³-hybridized carbons (Fsp3) is 0.263. The van der Waals surface area contributed by atoms with E-state index in [1.54, 1.807) is 12.1 Å². The van der Waals surface area contributed by atoms with Crippen LogP contribution in [0.5, 0.6) is 5.75 Å². The minimum absolute atomic E-state index is 0. The van der Waals surface area contributed by atoms with Crippen molar-refractivity contribution in [2.75, 3.05) is 7.05 Å². The molecule has 0 saturated heterocycles. The van der Waals surface area contributed by atoms with Gasteiger partial charge in [0, 0.05) is 12.5 Å². The number of hydrogen-bond acceptors (Lipinski definition) is 5. The van der Waals surface area contributed by atoms with Gasteiger partial charge in [-0.1, -0.05) is 29.4 Å². The number of para-hydroxylation sites is 1. The van der Waals surface area contributed by atoms with Crippen LogP contribution < -0.4 is 10.1 Å². The van der Waals surface area contributed by atoms with Crippen LogP contribution in [0.15, 0.2) is 53.1 Å². The zero-order chi connectivity index (χ0) is 17.6. The van der Waals surface area contributed by atoms with Crippen molar-refractivity contribution in [1.82, 2.24) is 15.5 Å². The highest BCUT2D eigenvalue weighted by atomic mass is 35.5. The second kappa shape index (κ2) is 9.31. The molecule has 1 aromatic heterocycles. The molecule has 0 amide bonds. The summed E-state index contributed by atoms with van der Waals surface area (Å²) < 4.78 is 24.2. The topological polar surface area (TPSA) is 60.2 Å². The molecule has 1 heterocycles. The van der Waals surface area contributed by atoms with Gasteiger partial charge in [0.05, 0.1) is 5.56 Å². The van der Waals surface area contributed by atoms with Crippen molar-refractivity contribution in [3.8, 4) is 17.2 Å². The van der Waals surface area contributed by atoms with Gasteiger partial charge in [-0.05, 0) is 43.8 Å². The molecular weight excluding hydrogens is 357 g/mol. The van der Waals surface area contributed by atoms with Crippen molar-refractivity contribution >= 4 is 12.4 Å². The number of nitrogens with one attached hydrogen (secondary N) is 1. The molecule has 0 radical (unpaired) electrons. The zero-order valence-electron chi connectivity index (χ0n) is 14.6. The molecule has 0 saturated carbocycles. The zero-order valence-corrected chi connectivity index (χ0v) is 15.4. The number of aromatic nitrogens is 2. The van der Waals surface area contributed by atoms with E-state index in [0.29, 0.717) is 30.5 Å². The quantitative estimate of drug-likeness (QED) is 0.673. The van der Waals surface area contributed by atoms with Gasteiger partial charge in [-0.3, -0.25) is 0 Å². The van der Waals surface area contributed by atoms with Crippen LogP contribution in [0.4, 0.5) is 4.39 Å². The number of benzene rings is 2. The van der Waals surface area contributed by atoms with E-state index in [-0.39, 0.29) is 24.3 Å². The minimum Gasteiger partial charge on any atom is -0.488 e. The van der Waals surface area contributed by atoms with Gasteiger partial charge >= 0.3 is 0 Å². The summed E-state index contributed by atoms with van der Waals surface area (Å²) in [5, 5.41) is 7.17. The molecule has 0 spiro atoms. The average Bonchev–Trinajstić information content (AvgIpc) is 3.09. The maximum absolute atomic E-state index is 13.0. The van der Waals surface area contributed by atoms with Crippen molar-refractivity contribution in [2.45, 2.75) is 26.0 Å². The Kier molecular flexibility index (Phi) is 7.12.